The van der Waals surface area contributed by atoms with Gasteiger partial charge in [-0.3, -0.25) is 0 Å². The highest BCUT2D eigenvalue weighted by atomic mass is 28.3. The highest BCUT2D eigenvalue weighted by Gasteiger charge is 2.06. The molecule has 0 amide bonds. The average Bonchev–Trinajstić information content (AvgIpc) is 1.78. The van der Waals surface area contributed by atoms with Crippen molar-refractivity contribution in [1.29, 1.82) is 0 Å². The minimum absolute atomic E-state index is 1.08. The van der Waals surface area contributed by atoms with Crippen molar-refractivity contribution in [2.24, 2.45) is 0 Å². The number of rotatable bonds is 1. The van der Waals surface area contributed by atoms with Crippen LogP contribution in [0.4, 0.5) is 0 Å². The van der Waals surface area contributed by atoms with E-state index in [1.54, 1.807) is 0 Å². The SMILES string of the molecule is CC/C=C/C#C[Si](C)(C)C. The zero-order chi connectivity index (χ0) is 8.04. The Labute approximate surface area is 65.3 Å². The highest BCUT2D eigenvalue weighted by Crippen LogP contribution is 1.95. The molecule has 0 N–H and O–H groups in total. The lowest BCUT2D eigenvalue weighted by atomic mass is 10.4. The second kappa shape index (κ2) is 4.35. The fraction of sp³-hybridized carbons (Fsp3) is 0.556. The van der Waals surface area contributed by atoms with Crippen LogP contribution in [0.1, 0.15) is 13.3 Å². The van der Waals surface area contributed by atoms with E-state index in [0.717, 1.165) is 6.42 Å². The lowest BCUT2D eigenvalue weighted by molar-refractivity contribution is 1.23. The van der Waals surface area contributed by atoms with Gasteiger partial charge in [0.1, 0.15) is 8.07 Å². The van der Waals surface area contributed by atoms with Gasteiger partial charge in [-0.05, 0) is 12.5 Å². The molecule has 0 aliphatic rings. The Balaban J connectivity index is 3.81. The fourth-order valence-corrected chi connectivity index (χ4v) is 0.951. The van der Waals surface area contributed by atoms with Gasteiger partial charge < -0.3 is 0 Å². The molecule has 0 radical (unpaired) electrons. The molecule has 0 heterocycles. The van der Waals surface area contributed by atoms with E-state index in [4.69, 9.17) is 0 Å². The summed E-state index contributed by atoms with van der Waals surface area (Å²) < 4.78 is 0. The first kappa shape index (κ1) is 9.52. The van der Waals surface area contributed by atoms with Crippen molar-refractivity contribution < 1.29 is 0 Å². The molecule has 0 aromatic carbocycles. The summed E-state index contributed by atoms with van der Waals surface area (Å²) in [6.07, 6.45) is 5.13. The van der Waals surface area contributed by atoms with Crippen molar-refractivity contribution in [2.45, 2.75) is 33.0 Å². The third kappa shape index (κ3) is 7.52. The van der Waals surface area contributed by atoms with Crippen LogP contribution in [0.25, 0.3) is 0 Å². The van der Waals surface area contributed by atoms with Crippen LogP contribution in [0.5, 0.6) is 0 Å². The molecule has 0 aliphatic carbocycles. The molecule has 0 aromatic heterocycles. The van der Waals surface area contributed by atoms with Crippen molar-refractivity contribution in [3.05, 3.63) is 12.2 Å². The first-order valence-electron chi connectivity index (χ1n) is 3.74. The van der Waals surface area contributed by atoms with E-state index >= 15 is 0 Å². The monoisotopic (exact) mass is 152 g/mol. The van der Waals surface area contributed by atoms with Crippen LogP contribution in [-0.2, 0) is 0 Å². The Morgan fingerprint density at radius 1 is 1.30 bits per heavy atom. The minimum Gasteiger partial charge on any atom is -0.127 e. The Morgan fingerprint density at radius 2 is 1.90 bits per heavy atom. The van der Waals surface area contributed by atoms with Gasteiger partial charge >= 0.3 is 0 Å². The summed E-state index contributed by atoms with van der Waals surface area (Å²) in [6.45, 7) is 8.87. The maximum absolute atomic E-state index is 3.26. The number of hydrogen-bond donors (Lipinski definition) is 0. The quantitative estimate of drug-likeness (QED) is 0.400. The molecule has 0 atom stereocenters. The van der Waals surface area contributed by atoms with Crippen LogP contribution in [-0.4, -0.2) is 8.07 Å². The van der Waals surface area contributed by atoms with Gasteiger partial charge in [0.05, 0.1) is 0 Å². The van der Waals surface area contributed by atoms with Gasteiger partial charge in [-0.25, -0.2) is 0 Å². The lowest BCUT2D eigenvalue weighted by Crippen LogP contribution is -2.16. The van der Waals surface area contributed by atoms with Gasteiger partial charge in [-0.15, -0.1) is 5.54 Å². The molecule has 0 fully saturated rings. The standard InChI is InChI=1S/C9H16Si/c1-5-6-7-8-9-10(2,3)4/h6-7H,5H2,1-4H3/b7-6+. The van der Waals surface area contributed by atoms with Crippen LogP contribution in [0.3, 0.4) is 0 Å². The fourth-order valence-electron chi connectivity index (χ4n) is 0.435. The molecular formula is C9H16Si. The van der Waals surface area contributed by atoms with Crippen LogP contribution in [0.2, 0.25) is 19.6 Å². The zero-order valence-electron chi connectivity index (χ0n) is 7.36. The second-order valence-electron chi connectivity index (χ2n) is 3.33. The third-order valence-electron chi connectivity index (χ3n) is 0.884. The molecule has 0 nitrogen and oxygen atoms in total. The molecular weight excluding hydrogens is 136 g/mol. The van der Waals surface area contributed by atoms with Gasteiger partial charge in [-0.2, -0.15) is 0 Å². The van der Waals surface area contributed by atoms with Crippen molar-refractivity contribution in [2.75, 3.05) is 0 Å². The Morgan fingerprint density at radius 3 is 2.30 bits per heavy atom. The predicted molar refractivity (Wildman–Crippen MR) is 50.6 cm³/mol. The summed E-state index contributed by atoms with van der Waals surface area (Å²) in [5, 5.41) is 0. The van der Waals surface area contributed by atoms with Crippen LogP contribution in [0.15, 0.2) is 12.2 Å². The van der Waals surface area contributed by atoms with E-state index in [-0.39, 0.29) is 0 Å². The lowest BCUT2D eigenvalue weighted by Gasteiger charge is -2.01. The molecule has 56 valence electrons. The topological polar surface area (TPSA) is 0 Å². The van der Waals surface area contributed by atoms with E-state index in [1.165, 1.54) is 0 Å². The molecule has 0 spiro atoms. The van der Waals surface area contributed by atoms with Crippen molar-refractivity contribution in [3.63, 3.8) is 0 Å². The Kier molecular flexibility index (Phi) is 4.14. The van der Waals surface area contributed by atoms with Gasteiger partial charge in [0, 0.05) is 0 Å². The summed E-state index contributed by atoms with van der Waals surface area (Å²) in [7, 11) is -1.12. The summed E-state index contributed by atoms with van der Waals surface area (Å²) in [4.78, 5) is 0. The number of allylic oxidation sites excluding steroid dienone is 2. The van der Waals surface area contributed by atoms with Crippen molar-refractivity contribution in [3.8, 4) is 11.5 Å². The highest BCUT2D eigenvalue weighted by molar-refractivity contribution is 6.83. The second-order valence-corrected chi connectivity index (χ2v) is 8.08. The summed E-state index contributed by atoms with van der Waals surface area (Å²) in [5.74, 6) is 3.06. The molecule has 0 saturated carbocycles. The van der Waals surface area contributed by atoms with Gasteiger partial charge in [-0.1, -0.05) is 38.6 Å². The van der Waals surface area contributed by atoms with Crippen molar-refractivity contribution >= 4 is 8.07 Å². The van der Waals surface area contributed by atoms with E-state index in [9.17, 15) is 0 Å². The zero-order valence-corrected chi connectivity index (χ0v) is 8.36. The first-order chi connectivity index (χ1) is 4.56. The molecule has 0 aliphatic heterocycles. The molecule has 10 heavy (non-hydrogen) atoms. The Hall–Kier alpha value is -0.483. The van der Waals surface area contributed by atoms with E-state index < -0.39 is 8.07 Å². The largest absolute Gasteiger partial charge is 0.129 e. The van der Waals surface area contributed by atoms with E-state index in [2.05, 4.69) is 44.1 Å². The van der Waals surface area contributed by atoms with Gasteiger partial charge in [0.25, 0.3) is 0 Å². The molecule has 0 aromatic rings. The summed E-state index contributed by atoms with van der Waals surface area (Å²) >= 11 is 0. The molecule has 0 unspecified atom stereocenters. The molecule has 0 bridgehead atoms. The van der Waals surface area contributed by atoms with E-state index in [0.29, 0.717) is 0 Å². The molecule has 1 heteroatoms. The first-order valence-corrected chi connectivity index (χ1v) is 7.24. The van der Waals surface area contributed by atoms with Gasteiger partial charge in [0.2, 0.25) is 0 Å². The van der Waals surface area contributed by atoms with E-state index in [1.807, 2.05) is 6.08 Å². The smallest absolute Gasteiger partial charge is 0.127 e. The maximum atomic E-state index is 3.26. The average molecular weight is 152 g/mol. The summed E-state index contributed by atoms with van der Waals surface area (Å²) in [5.41, 5.74) is 3.26. The Bertz CT molecular complexity index is 161. The molecule has 0 saturated heterocycles. The maximum Gasteiger partial charge on any atom is 0.129 e. The van der Waals surface area contributed by atoms with Crippen LogP contribution in [0, 0.1) is 11.5 Å². The van der Waals surface area contributed by atoms with Crippen LogP contribution < -0.4 is 0 Å². The predicted octanol–water partition coefficient (Wildman–Crippen LogP) is 2.83. The van der Waals surface area contributed by atoms with Gasteiger partial charge in [0.15, 0.2) is 0 Å². The third-order valence-corrected chi connectivity index (χ3v) is 1.78. The van der Waals surface area contributed by atoms with Crippen molar-refractivity contribution in [1.82, 2.24) is 0 Å². The normalized spacial score (nSPS) is 11.2. The summed E-state index contributed by atoms with van der Waals surface area (Å²) in [6, 6.07) is 0. The number of hydrogen-bond acceptors (Lipinski definition) is 0. The molecule has 0 rings (SSSR count). The van der Waals surface area contributed by atoms with Crippen LogP contribution >= 0.6 is 0 Å². The minimum atomic E-state index is -1.12.